The second-order valence-electron chi connectivity index (χ2n) is 9.77. The van der Waals surface area contributed by atoms with E-state index in [0.29, 0.717) is 23.3 Å². The summed E-state index contributed by atoms with van der Waals surface area (Å²) in [7, 11) is 0. The van der Waals surface area contributed by atoms with Gasteiger partial charge in [0.25, 0.3) is 0 Å². The van der Waals surface area contributed by atoms with Gasteiger partial charge in [0.05, 0.1) is 17.5 Å². The number of benzene rings is 2. The van der Waals surface area contributed by atoms with Crippen molar-refractivity contribution in [1.29, 1.82) is 0 Å². The van der Waals surface area contributed by atoms with E-state index >= 15 is 0 Å². The number of carbonyl (C=O) groups is 2. The Kier molecular flexibility index (Phi) is 4.09. The molecular weight excluding hydrogens is 362 g/mol. The summed E-state index contributed by atoms with van der Waals surface area (Å²) in [5.41, 5.74) is 2.02. The van der Waals surface area contributed by atoms with Gasteiger partial charge in [-0.15, -0.1) is 0 Å². The standard InChI is InChI=1S/C25H27NO3/c1-25(2,3)17-6-10-19(11-7-17)29-20-12-8-18(9-13-20)26-23(27)21-15-4-5-16(14-15)22(21)24(26)28/h6-13,15-16,21-22H,4-5,14H2,1-3H3/t15-,16-,21+,22+/m0/s1. The van der Waals surface area contributed by atoms with Crippen LogP contribution in [0.25, 0.3) is 0 Å². The Morgan fingerprint density at radius 1 is 0.793 bits per heavy atom. The van der Waals surface area contributed by atoms with E-state index in [1.54, 1.807) is 0 Å². The van der Waals surface area contributed by atoms with Gasteiger partial charge in [-0.05, 0) is 78.5 Å². The lowest BCUT2D eigenvalue weighted by Gasteiger charge is -2.19. The van der Waals surface area contributed by atoms with Crippen molar-refractivity contribution in [2.24, 2.45) is 23.7 Å². The van der Waals surface area contributed by atoms with Gasteiger partial charge in [0.1, 0.15) is 11.5 Å². The van der Waals surface area contributed by atoms with E-state index in [1.807, 2.05) is 36.4 Å². The van der Waals surface area contributed by atoms with Gasteiger partial charge in [-0.3, -0.25) is 14.5 Å². The number of ether oxygens (including phenoxy) is 1. The van der Waals surface area contributed by atoms with Crippen LogP contribution in [0.3, 0.4) is 0 Å². The number of imide groups is 1. The zero-order chi connectivity index (χ0) is 20.3. The van der Waals surface area contributed by atoms with E-state index < -0.39 is 0 Å². The summed E-state index contributed by atoms with van der Waals surface area (Å²) < 4.78 is 5.95. The van der Waals surface area contributed by atoms with E-state index in [-0.39, 0.29) is 29.1 Å². The Morgan fingerprint density at radius 3 is 1.76 bits per heavy atom. The van der Waals surface area contributed by atoms with Crippen LogP contribution >= 0.6 is 0 Å². The second kappa shape index (κ2) is 6.45. The maximum atomic E-state index is 13.0. The first kappa shape index (κ1) is 18.4. The predicted octanol–water partition coefficient (Wildman–Crippen LogP) is 5.31. The van der Waals surface area contributed by atoms with Gasteiger partial charge < -0.3 is 4.74 Å². The monoisotopic (exact) mass is 389 g/mol. The fourth-order valence-electron chi connectivity index (χ4n) is 5.49. The number of hydrogen-bond donors (Lipinski definition) is 0. The van der Waals surface area contributed by atoms with Crippen molar-refractivity contribution in [2.75, 3.05) is 4.90 Å². The summed E-state index contributed by atoms with van der Waals surface area (Å²) in [6.45, 7) is 6.55. The van der Waals surface area contributed by atoms with Crippen molar-refractivity contribution in [3.63, 3.8) is 0 Å². The van der Waals surface area contributed by atoms with Gasteiger partial charge in [-0.25, -0.2) is 0 Å². The Bertz CT molecular complexity index is 927. The van der Waals surface area contributed by atoms with Gasteiger partial charge in [0.2, 0.25) is 11.8 Å². The molecule has 5 rings (SSSR count). The summed E-state index contributed by atoms with van der Waals surface area (Å²) in [6, 6.07) is 15.4. The van der Waals surface area contributed by atoms with Crippen LogP contribution in [0.2, 0.25) is 0 Å². The molecule has 2 aliphatic carbocycles. The van der Waals surface area contributed by atoms with Crippen molar-refractivity contribution >= 4 is 17.5 Å². The third-order valence-electron chi connectivity index (χ3n) is 6.98. The maximum absolute atomic E-state index is 13.0. The molecule has 2 saturated carbocycles. The molecule has 3 aliphatic rings. The van der Waals surface area contributed by atoms with Crippen molar-refractivity contribution in [1.82, 2.24) is 0 Å². The highest BCUT2D eigenvalue weighted by atomic mass is 16.5. The van der Waals surface area contributed by atoms with Crippen LogP contribution < -0.4 is 9.64 Å². The van der Waals surface area contributed by atoms with E-state index in [1.165, 1.54) is 10.5 Å². The molecule has 0 spiro atoms. The first-order chi connectivity index (χ1) is 13.8. The fourth-order valence-corrected chi connectivity index (χ4v) is 5.49. The molecule has 150 valence electrons. The van der Waals surface area contributed by atoms with Crippen molar-refractivity contribution in [2.45, 2.75) is 45.4 Å². The van der Waals surface area contributed by atoms with Crippen LogP contribution in [0.4, 0.5) is 5.69 Å². The van der Waals surface area contributed by atoms with E-state index in [2.05, 4.69) is 32.9 Å². The quantitative estimate of drug-likeness (QED) is 0.668. The highest BCUT2D eigenvalue weighted by Crippen LogP contribution is 2.56. The third-order valence-corrected chi connectivity index (χ3v) is 6.98. The first-order valence-electron chi connectivity index (χ1n) is 10.6. The number of hydrogen-bond acceptors (Lipinski definition) is 3. The lowest BCUT2D eigenvalue weighted by atomic mass is 9.81. The molecule has 0 N–H and O–H groups in total. The molecule has 1 saturated heterocycles. The predicted molar refractivity (Wildman–Crippen MR) is 112 cm³/mol. The average molecular weight is 389 g/mol. The Morgan fingerprint density at radius 2 is 1.28 bits per heavy atom. The van der Waals surface area contributed by atoms with Gasteiger partial charge in [-0.1, -0.05) is 32.9 Å². The van der Waals surface area contributed by atoms with E-state index in [4.69, 9.17) is 4.74 Å². The Hall–Kier alpha value is -2.62. The molecular formula is C25H27NO3. The molecule has 4 heteroatoms. The van der Waals surface area contributed by atoms with Gasteiger partial charge in [0.15, 0.2) is 0 Å². The smallest absolute Gasteiger partial charge is 0.237 e. The highest BCUT2D eigenvalue weighted by Gasteiger charge is 2.61. The molecule has 1 heterocycles. The lowest BCUT2D eigenvalue weighted by molar-refractivity contribution is -0.123. The lowest BCUT2D eigenvalue weighted by Crippen LogP contribution is -2.32. The van der Waals surface area contributed by atoms with Gasteiger partial charge in [-0.2, -0.15) is 0 Å². The topological polar surface area (TPSA) is 46.6 Å². The molecule has 2 amide bonds. The second-order valence-corrected chi connectivity index (χ2v) is 9.77. The molecule has 3 fully saturated rings. The molecule has 0 unspecified atom stereocenters. The highest BCUT2D eigenvalue weighted by molar-refractivity contribution is 6.22. The van der Waals surface area contributed by atoms with E-state index in [0.717, 1.165) is 25.0 Å². The zero-order valence-corrected chi connectivity index (χ0v) is 17.2. The molecule has 0 radical (unpaired) electrons. The van der Waals surface area contributed by atoms with Crippen LogP contribution in [0.1, 0.15) is 45.6 Å². The number of rotatable bonds is 3. The van der Waals surface area contributed by atoms with Gasteiger partial charge in [0, 0.05) is 0 Å². The molecule has 0 aromatic heterocycles. The fraction of sp³-hybridized carbons (Fsp3) is 0.440. The summed E-state index contributed by atoms with van der Waals surface area (Å²) in [5, 5.41) is 0. The van der Waals surface area contributed by atoms with Crippen molar-refractivity contribution in [3.8, 4) is 11.5 Å². The minimum atomic E-state index is -0.0847. The normalized spacial score (nSPS) is 28.2. The Balaban J connectivity index is 1.32. The van der Waals surface area contributed by atoms with Crippen LogP contribution in [-0.4, -0.2) is 11.8 Å². The minimum Gasteiger partial charge on any atom is -0.457 e. The molecule has 29 heavy (non-hydrogen) atoms. The number of anilines is 1. The molecule has 1 aliphatic heterocycles. The number of fused-ring (bicyclic) bond motifs is 5. The SMILES string of the molecule is CC(C)(C)c1ccc(Oc2ccc(N3C(=O)[C@@H]4[C@H]5CC[C@@H](C5)[C@H]4C3=O)cc2)cc1. The maximum Gasteiger partial charge on any atom is 0.237 e. The molecule has 4 atom stereocenters. The van der Waals surface area contributed by atoms with Crippen LogP contribution in [-0.2, 0) is 15.0 Å². The number of amides is 2. The summed E-state index contributed by atoms with van der Waals surface area (Å²) in [4.78, 5) is 27.3. The molecule has 2 aromatic rings. The van der Waals surface area contributed by atoms with Crippen LogP contribution in [0.5, 0.6) is 11.5 Å². The molecule has 2 bridgehead atoms. The Labute approximate surface area is 171 Å². The van der Waals surface area contributed by atoms with Crippen LogP contribution in [0.15, 0.2) is 48.5 Å². The summed E-state index contributed by atoms with van der Waals surface area (Å²) >= 11 is 0. The molecule has 2 aromatic carbocycles. The largest absolute Gasteiger partial charge is 0.457 e. The third kappa shape index (κ3) is 2.97. The summed E-state index contributed by atoms with van der Waals surface area (Å²) in [6.07, 6.45) is 3.25. The van der Waals surface area contributed by atoms with Crippen molar-refractivity contribution < 1.29 is 14.3 Å². The average Bonchev–Trinajstić information content (AvgIpc) is 3.36. The summed E-state index contributed by atoms with van der Waals surface area (Å²) in [5.74, 6) is 2.10. The number of nitrogens with zero attached hydrogens (tertiary/aromatic N) is 1. The van der Waals surface area contributed by atoms with Gasteiger partial charge >= 0.3 is 0 Å². The zero-order valence-electron chi connectivity index (χ0n) is 17.2. The molecule has 4 nitrogen and oxygen atoms in total. The number of carbonyl (C=O) groups excluding carboxylic acids is 2. The minimum absolute atomic E-state index is 0.00126. The van der Waals surface area contributed by atoms with Crippen molar-refractivity contribution in [3.05, 3.63) is 54.1 Å². The van der Waals surface area contributed by atoms with E-state index in [9.17, 15) is 9.59 Å². The first-order valence-corrected chi connectivity index (χ1v) is 10.6. The van der Waals surface area contributed by atoms with Crippen LogP contribution in [0, 0.1) is 23.7 Å².